The van der Waals surface area contributed by atoms with Gasteiger partial charge in [-0.05, 0) is 33.6 Å². The zero-order chi connectivity index (χ0) is 17.3. The monoisotopic (exact) mass is 344 g/mol. The minimum atomic E-state index is -0.860. The van der Waals surface area contributed by atoms with Crippen molar-refractivity contribution in [2.75, 3.05) is 6.54 Å². The van der Waals surface area contributed by atoms with Gasteiger partial charge in [0.25, 0.3) is 0 Å². The number of hydrogen-bond acceptors (Lipinski definition) is 4. The summed E-state index contributed by atoms with van der Waals surface area (Å²) in [6.07, 6.45) is 2.11. The zero-order valence-corrected chi connectivity index (χ0v) is 15.3. The normalized spacial score (nSPS) is 18.2. The van der Waals surface area contributed by atoms with E-state index in [9.17, 15) is 9.90 Å². The maximum atomic E-state index is 12.6. The molecule has 1 saturated heterocycles. The Morgan fingerprint density at radius 1 is 1.38 bits per heavy atom. The van der Waals surface area contributed by atoms with Crippen LogP contribution in [-0.2, 0) is 11.2 Å². The molecule has 4 nitrogen and oxygen atoms in total. The van der Waals surface area contributed by atoms with E-state index in [0.717, 1.165) is 35.7 Å². The first kappa shape index (κ1) is 17.1. The Hall–Kier alpha value is -1.72. The molecular formula is C19H24N2O2S. The van der Waals surface area contributed by atoms with Crippen molar-refractivity contribution >= 4 is 17.2 Å². The van der Waals surface area contributed by atoms with E-state index in [0.29, 0.717) is 6.42 Å². The highest BCUT2D eigenvalue weighted by Gasteiger charge is 2.38. The molecule has 1 aliphatic heterocycles. The van der Waals surface area contributed by atoms with Crippen molar-refractivity contribution in [2.24, 2.45) is 0 Å². The van der Waals surface area contributed by atoms with Crippen LogP contribution < -0.4 is 0 Å². The number of nitrogens with zero attached hydrogens (tertiary/aromatic N) is 2. The molecule has 2 aromatic rings. The number of rotatable bonds is 4. The second-order valence-electron chi connectivity index (χ2n) is 7.09. The van der Waals surface area contributed by atoms with Crippen molar-refractivity contribution in [1.82, 2.24) is 9.88 Å². The molecule has 2 heterocycles. The van der Waals surface area contributed by atoms with Gasteiger partial charge in [0.1, 0.15) is 5.01 Å². The lowest BCUT2D eigenvalue weighted by Gasteiger charge is -2.33. The third-order valence-corrected chi connectivity index (χ3v) is 5.51. The van der Waals surface area contributed by atoms with Crippen LogP contribution in [-0.4, -0.2) is 39.1 Å². The molecule has 1 fully saturated rings. The maximum absolute atomic E-state index is 12.6. The van der Waals surface area contributed by atoms with Crippen molar-refractivity contribution < 1.29 is 9.90 Å². The number of carbonyl (C=O) groups excluding carboxylic acids is 1. The summed E-state index contributed by atoms with van der Waals surface area (Å²) < 4.78 is 0. The molecule has 1 amide bonds. The van der Waals surface area contributed by atoms with Gasteiger partial charge in [0, 0.05) is 17.5 Å². The van der Waals surface area contributed by atoms with Crippen LogP contribution in [0.1, 0.15) is 37.9 Å². The lowest BCUT2D eigenvalue weighted by Crippen LogP contribution is -2.48. The third kappa shape index (κ3) is 3.68. The molecule has 24 heavy (non-hydrogen) atoms. The maximum Gasteiger partial charge on any atom is 0.228 e. The lowest BCUT2D eigenvalue weighted by molar-refractivity contribution is -0.135. The minimum absolute atomic E-state index is 0.0559. The second-order valence-corrected chi connectivity index (χ2v) is 7.94. The van der Waals surface area contributed by atoms with Crippen LogP contribution >= 0.6 is 11.3 Å². The summed E-state index contributed by atoms with van der Waals surface area (Å²) in [4.78, 5) is 19.1. The summed E-state index contributed by atoms with van der Waals surface area (Å²) >= 11 is 1.57. The number of hydrogen-bond donors (Lipinski definition) is 1. The quantitative estimate of drug-likeness (QED) is 0.924. The molecule has 3 rings (SSSR count). The average molecular weight is 344 g/mol. The van der Waals surface area contributed by atoms with Gasteiger partial charge < -0.3 is 10.0 Å². The van der Waals surface area contributed by atoms with Gasteiger partial charge in [-0.25, -0.2) is 4.98 Å². The van der Waals surface area contributed by atoms with Gasteiger partial charge in [-0.3, -0.25) is 4.79 Å². The van der Waals surface area contributed by atoms with Crippen LogP contribution in [0.3, 0.4) is 0 Å². The Morgan fingerprint density at radius 2 is 2.08 bits per heavy atom. The standard InChI is InChI=1S/C19H24N2O2S/c1-13-6-8-14(9-7-13)18-20-15(12-24-18)11-17(22)21-10-4-5-16(21)19(2,3)23/h6-9,12,16,23H,4-5,10-11H2,1-3H3. The topological polar surface area (TPSA) is 53.4 Å². The first-order chi connectivity index (χ1) is 11.3. The van der Waals surface area contributed by atoms with Crippen molar-refractivity contribution in [1.29, 1.82) is 0 Å². The smallest absolute Gasteiger partial charge is 0.228 e. The largest absolute Gasteiger partial charge is 0.388 e. The van der Waals surface area contributed by atoms with E-state index >= 15 is 0 Å². The molecule has 1 unspecified atom stereocenters. The van der Waals surface area contributed by atoms with Crippen LogP contribution in [0.15, 0.2) is 29.6 Å². The Kier molecular flexibility index (Phi) is 4.74. The molecule has 0 aliphatic carbocycles. The van der Waals surface area contributed by atoms with E-state index in [1.54, 1.807) is 25.2 Å². The molecule has 1 N–H and O–H groups in total. The van der Waals surface area contributed by atoms with Gasteiger partial charge in [0.05, 0.1) is 23.8 Å². The molecule has 1 aromatic carbocycles. The fraction of sp³-hybridized carbons (Fsp3) is 0.474. The molecule has 0 spiro atoms. The van der Waals surface area contributed by atoms with E-state index in [4.69, 9.17) is 0 Å². The summed E-state index contributed by atoms with van der Waals surface area (Å²) in [6.45, 7) is 6.34. The van der Waals surface area contributed by atoms with Crippen LogP contribution in [0.5, 0.6) is 0 Å². The van der Waals surface area contributed by atoms with E-state index in [1.165, 1.54) is 5.56 Å². The van der Waals surface area contributed by atoms with Crippen molar-refractivity contribution in [3.63, 3.8) is 0 Å². The Balaban J connectivity index is 1.70. The summed E-state index contributed by atoms with van der Waals surface area (Å²) in [5.41, 5.74) is 2.25. The molecule has 0 saturated carbocycles. The number of carbonyl (C=O) groups is 1. The Morgan fingerprint density at radius 3 is 2.75 bits per heavy atom. The third-order valence-electron chi connectivity index (χ3n) is 4.57. The molecule has 128 valence electrons. The molecular weight excluding hydrogens is 320 g/mol. The summed E-state index contributed by atoms with van der Waals surface area (Å²) in [5.74, 6) is 0.0559. The first-order valence-corrected chi connectivity index (χ1v) is 9.26. The highest BCUT2D eigenvalue weighted by molar-refractivity contribution is 7.13. The molecule has 1 aromatic heterocycles. The van der Waals surface area contributed by atoms with Gasteiger partial charge >= 0.3 is 0 Å². The average Bonchev–Trinajstić information content (AvgIpc) is 3.16. The Labute approximate surface area is 147 Å². The van der Waals surface area contributed by atoms with Gasteiger partial charge in [0.15, 0.2) is 0 Å². The number of thiazole rings is 1. The molecule has 1 atom stereocenters. The number of amides is 1. The van der Waals surface area contributed by atoms with Gasteiger partial charge in [-0.2, -0.15) is 0 Å². The van der Waals surface area contributed by atoms with E-state index < -0.39 is 5.60 Å². The zero-order valence-electron chi connectivity index (χ0n) is 14.5. The fourth-order valence-corrected chi connectivity index (χ4v) is 4.10. The van der Waals surface area contributed by atoms with E-state index in [2.05, 4.69) is 36.2 Å². The summed E-state index contributed by atoms with van der Waals surface area (Å²) in [7, 11) is 0. The highest BCUT2D eigenvalue weighted by atomic mass is 32.1. The van der Waals surface area contributed by atoms with Gasteiger partial charge in [-0.1, -0.05) is 29.8 Å². The van der Waals surface area contributed by atoms with Crippen LogP contribution in [0.2, 0.25) is 0 Å². The highest BCUT2D eigenvalue weighted by Crippen LogP contribution is 2.28. The number of aliphatic hydroxyl groups is 1. The van der Waals surface area contributed by atoms with Gasteiger partial charge in [0.2, 0.25) is 5.91 Å². The second kappa shape index (κ2) is 6.65. The molecule has 1 aliphatic rings. The van der Waals surface area contributed by atoms with Crippen molar-refractivity contribution in [3.8, 4) is 10.6 Å². The first-order valence-electron chi connectivity index (χ1n) is 8.38. The number of benzene rings is 1. The lowest BCUT2D eigenvalue weighted by atomic mass is 9.96. The van der Waals surface area contributed by atoms with E-state index in [1.807, 2.05) is 10.3 Å². The van der Waals surface area contributed by atoms with Crippen LogP contribution in [0.25, 0.3) is 10.6 Å². The minimum Gasteiger partial charge on any atom is -0.388 e. The van der Waals surface area contributed by atoms with Gasteiger partial charge in [-0.15, -0.1) is 11.3 Å². The summed E-state index contributed by atoms with van der Waals surface area (Å²) in [5, 5.41) is 13.2. The van der Waals surface area contributed by atoms with Crippen molar-refractivity contribution in [3.05, 3.63) is 40.9 Å². The van der Waals surface area contributed by atoms with Crippen LogP contribution in [0, 0.1) is 6.92 Å². The van der Waals surface area contributed by atoms with Crippen molar-refractivity contribution in [2.45, 2.75) is 51.7 Å². The Bertz CT molecular complexity index is 716. The van der Waals surface area contributed by atoms with E-state index in [-0.39, 0.29) is 11.9 Å². The number of likely N-dealkylation sites (tertiary alicyclic amines) is 1. The molecule has 5 heteroatoms. The fourth-order valence-electron chi connectivity index (χ4n) is 3.27. The number of aryl methyl sites for hydroxylation is 1. The predicted octanol–water partition coefficient (Wildman–Crippen LogP) is 3.42. The summed E-state index contributed by atoms with van der Waals surface area (Å²) in [6, 6.07) is 8.16. The SMILES string of the molecule is Cc1ccc(-c2nc(CC(=O)N3CCCC3C(C)(C)O)cs2)cc1. The number of aromatic nitrogens is 1. The molecule has 0 radical (unpaired) electrons. The molecule has 0 bridgehead atoms. The predicted molar refractivity (Wildman–Crippen MR) is 97.0 cm³/mol. The van der Waals surface area contributed by atoms with Crippen LogP contribution in [0.4, 0.5) is 0 Å².